The minimum absolute atomic E-state index is 0.133. The molecule has 4 heteroatoms. The van der Waals surface area contributed by atoms with Crippen molar-refractivity contribution in [3.8, 4) is 0 Å². The van der Waals surface area contributed by atoms with Crippen LogP contribution in [0.25, 0.3) is 0 Å². The zero-order chi connectivity index (χ0) is 11.6. The van der Waals surface area contributed by atoms with Crippen LogP contribution in [0.15, 0.2) is 30.4 Å². The van der Waals surface area contributed by atoms with Gasteiger partial charge in [0.1, 0.15) is 6.10 Å². The molecule has 15 heavy (non-hydrogen) atoms. The number of Topliss-reactive ketones (excluding diaryl/α,β-unsaturated/α-hetero) is 1. The van der Waals surface area contributed by atoms with Gasteiger partial charge in [-0.3, -0.25) is 4.79 Å². The zero-order valence-corrected chi connectivity index (χ0v) is 9.64. The van der Waals surface area contributed by atoms with Gasteiger partial charge in [-0.25, -0.2) is 0 Å². The molecule has 0 saturated carbocycles. The van der Waals surface area contributed by atoms with E-state index in [0.29, 0.717) is 15.6 Å². The summed E-state index contributed by atoms with van der Waals surface area (Å²) in [6.45, 7) is 4.86. The van der Waals surface area contributed by atoms with Crippen LogP contribution in [0.3, 0.4) is 0 Å². The summed E-state index contributed by atoms with van der Waals surface area (Å²) in [6.07, 6.45) is -1.03. The second-order valence-corrected chi connectivity index (χ2v) is 3.97. The second kappa shape index (κ2) is 4.79. The molecule has 0 bridgehead atoms. The molecular formula is C11H10Cl2O2. The predicted octanol–water partition coefficient (Wildman–Crippen LogP) is 3.17. The smallest absolute Gasteiger partial charge is 0.158 e. The van der Waals surface area contributed by atoms with Crippen molar-refractivity contribution < 1.29 is 9.90 Å². The summed E-state index contributed by atoms with van der Waals surface area (Å²) in [4.78, 5) is 11.0. The lowest BCUT2D eigenvalue weighted by Gasteiger charge is -2.12. The zero-order valence-electron chi connectivity index (χ0n) is 8.13. The molecule has 1 N–H and O–H groups in total. The molecular weight excluding hydrogens is 235 g/mol. The molecule has 0 saturated heterocycles. The number of halogens is 2. The third kappa shape index (κ3) is 2.81. The molecule has 0 aliphatic carbocycles. The van der Waals surface area contributed by atoms with Gasteiger partial charge in [-0.05, 0) is 24.6 Å². The van der Waals surface area contributed by atoms with Crippen molar-refractivity contribution in [2.45, 2.75) is 13.0 Å². The van der Waals surface area contributed by atoms with Crippen LogP contribution in [0.1, 0.15) is 18.6 Å². The maximum absolute atomic E-state index is 11.0. The number of ketones is 1. The fourth-order valence-corrected chi connectivity index (χ4v) is 1.38. The fourth-order valence-electron chi connectivity index (χ4n) is 1.08. The molecule has 1 unspecified atom stereocenters. The highest BCUT2D eigenvalue weighted by Gasteiger charge is 2.15. The molecule has 0 fully saturated rings. The first-order valence-corrected chi connectivity index (χ1v) is 5.02. The van der Waals surface area contributed by atoms with Crippen molar-refractivity contribution >= 4 is 29.0 Å². The summed E-state index contributed by atoms with van der Waals surface area (Å²) >= 11 is 11.5. The molecule has 0 aliphatic heterocycles. The van der Waals surface area contributed by atoms with Crippen molar-refractivity contribution in [1.82, 2.24) is 0 Å². The topological polar surface area (TPSA) is 37.3 Å². The van der Waals surface area contributed by atoms with Crippen molar-refractivity contribution in [3.63, 3.8) is 0 Å². The van der Waals surface area contributed by atoms with Gasteiger partial charge in [-0.15, -0.1) is 0 Å². The number of rotatable bonds is 3. The molecule has 1 aromatic carbocycles. The van der Waals surface area contributed by atoms with Crippen LogP contribution < -0.4 is 0 Å². The molecule has 0 aliphatic rings. The van der Waals surface area contributed by atoms with E-state index < -0.39 is 6.10 Å². The number of hydrogen-bond acceptors (Lipinski definition) is 2. The van der Waals surface area contributed by atoms with E-state index in [-0.39, 0.29) is 11.4 Å². The normalized spacial score (nSPS) is 12.3. The Hall–Kier alpha value is -0.830. The second-order valence-electron chi connectivity index (χ2n) is 3.16. The summed E-state index contributed by atoms with van der Waals surface area (Å²) in [5.74, 6) is -0.256. The highest BCUT2D eigenvalue weighted by Crippen LogP contribution is 2.28. The largest absolute Gasteiger partial charge is 0.384 e. The lowest BCUT2D eigenvalue weighted by Crippen LogP contribution is -2.07. The van der Waals surface area contributed by atoms with E-state index in [2.05, 4.69) is 6.58 Å². The van der Waals surface area contributed by atoms with Crippen LogP contribution >= 0.6 is 23.2 Å². The molecule has 0 amide bonds. The third-order valence-corrected chi connectivity index (χ3v) is 2.78. The van der Waals surface area contributed by atoms with Crippen molar-refractivity contribution in [2.75, 3.05) is 0 Å². The van der Waals surface area contributed by atoms with Crippen molar-refractivity contribution in [1.29, 1.82) is 0 Å². The van der Waals surface area contributed by atoms with E-state index >= 15 is 0 Å². The molecule has 80 valence electrons. The maximum atomic E-state index is 11.0. The van der Waals surface area contributed by atoms with E-state index in [1.54, 1.807) is 12.1 Å². The first kappa shape index (κ1) is 12.2. The first-order valence-electron chi connectivity index (χ1n) is 4.26. The van der Waals surface area contributed by atoms with Gasteiger partial charge < -0.3 is 5.11 Å². The Morgan fingerprint density at radius 1 is 1.40 bits per heavy atom. The van der Waals surface area contributed by atoms with Crippen LogP contribution in [-0.2, 0) is 4.79 Å². The highest BCUT2D eigenvalue weighted by atomic mass is 35.5. The summed E-state index contributed by atoms with van der Waals surface area (Å²) < 4.78 is 0. The molecule has 2 nitrogen and oxygen atoms in total. The molecule has 1 aromatic rings. The van der Waals surface area contributed by atoms with Gasteiger partial charge in [0.15, 0.2) is 5.78 Å². The Bertz CT molecular complexity index is 413. The quantitative estimate of drug-likeness (QED) is 0.830. The standard InChI is InChI=1S/C11H10Cl2O2/c1-6(7(2)14)11(15)8-3-4-9(12)10(13)5-8/h3-5,11,15H,1H2,2H3. The minimum Gasteiger partial charge on any atom is -0.384 e. The molecule has 1 atom stereocenters. The highest BCUT2D eigenvalue weighted by molar-refractivity contribution is 6.42. The van der Waals surface area contributed by atoms with Gasteiger partial charge in [0.2, 0.25) is 0 Å². The lowest BCUT2D eigenvalue weighted by atomic mass is 10.0. The third-order valence-electron chi connectivity index (χ3n) is 2.04. The number of carbonyl (C=O) groups excluding carboxylic acids is 1. The lowest BCUT2D eigenvalue weighted by molar-refractivity contribution is -0.114. The SMILES string of the molecule is C=C(C(C)=O)C(O)c1ccc(Cl)c(Cl)c1. The Morgan fingerprint density at radius 2 is 2.00 bits per heavy atom. The van der Waals surface area contributed by atoms with Gasteiger partial charge in [-0.1, -0.05) is 35.8 Å². The Morgan fingerprint density at radius 3 is 2.47 bits per heavy atom. The molecule has 0 spiro atoms. The number of hydrogen-bond donors (Lipinski definition) is 1. The van der Waals surface area contributed by atoms with Crippen LogP contribution in [0.4, 0.5) is 0 Å². The van der Waals surface area contributed by atoms with Crippen LogP contribution in [0, 0.1) is 0 Å². The van der Waals surface area contributed by atoms with Gasteiger partial charge in [0.25, 0.3) is 0 Å². The van der Waals surface area contributed by atoms with Gasteiger partial charge in [0.05, 0.1) is 10.0 Å². The average molecular weight is 245 g/mol. The Kier molecular flexibility index (Phi) is 3.91. The van der Waals surface area contributed by atoms with E-state index in [4.69, 9.17) is 23.2 Å². The molecule has 0 heterocycles. The van der Waals surface area contributed by atoms with Gasteiger partial charge in [0, 0.05) is 5.57 Å². The minimum atomic E-state index is -1.03. The molecule has 0 aromatic heterocycles. The van der Waals surface area contributed by atoms with E-state index in [1.165, 1.54) is 13.0 Å². The van der Waals surface area contributed by atoms with E-state index in [9.17, 15) is 9.90 Å². The van der Waals surface area contributed by atoms with Crippen LogP contribution in [0.5, 0.6) is 0 Å². The number of aliphatic hydroxyl groups is 1. The van der Waals surface area contributed by atoms with Crippen molar-refractivity contribution in [3.05, 3.63) is 46.0 Å². The average Bonchev–Trinajstić information content (AvgIpc) is 2.19. The summed E-state index contributed by atoms with van der Waals surface area (Å²) in [6, 6.07) is 4.69. The first-order chi connectivity index (χ1) is 6.93. The number of carbonyl (C=O) groups is 1. The van der Waals surface area contributed by atoms with Crippen LogP contribution in [-0.4, -0.2) is 10.9 Å². The molecule has 1 rings (SSSR count). The fraction of sp³-hybridized carbons (Fsp3) is 0.182. The summed E-state index contributed by atoms with van der Waals surface area (Å²) in [5, 5.41) is 10.5. The number of benzene rings is 1. The van der Waals surface area contributed by atoms with Gasteiger partial charge >= 0.3 is 0 Å². The predicted molar refractivity (Wildman–Crippen MR) is 61.2 cm³/mol. The number of aliphatic hydroxyl groups excluding tert-OH is 1. The van der Waals surface area contributed by atoms with Gasteiger partial charge in [-0.2, -0.15) is 0 Å². The van der Waals surface area contributed by atoms with E-state index in [0.717, 1.165) is 0 Å². The Labute approximate surface area is 98.1 Å². The monoisotopic (exact) mass is 244 g/mol. The summed E-state index contributed by atoms with van der Waals surface area (Å²) in [5.41, 5.74) is 0.637. The Balaban J connectivity index is 3.02. The van der Waals surface area contributed by atoms with Crippen LogP contribution in [0.2, 0.25) is 10.0 Å². The van der Waals surface area contributed by atoms with E-state index in [1.807, 2.05) is 0 Å². The summed E-state index contributed by atoms with van der Waals surface area (Å²) in [7, 11) is 0. The van der Waals surface area contributed by atoms with Crippen molar-refractivity contribution in [2.24, 2.45) is 0 Å². The maximum Gasteiger partial charge on any atom is 0.158 e. The molecule has 0 radical (unpaired) electrons.